The number of carbonyl (C=O) groups is 1. The first-order chi connectivity index (χ1) is 12.9. The van der Waals surface area contributed by atoms with E-state index in [4.69, 9.17) is 5.73 Å². The Labute approximate surface area is 158 Å². The molecule has 6 nitrogen and oxygen atoms in total. The lowest BCUT2D eigenvalue weighted by atomic mass is 9.82. The number of phenolic OH excluding ortho intramolecular Hbond substituents is 1. The van der Waals surface area contributed by atoms with Crippen molar-refractivity contribution in [1.29, 1.82) is 0 Å². The normalized spacial score (nSPS) is 19.4. The van der Waals surface area contributed by atoms with E-state index in [1.807, 2.05) is 0 Å². The molecule has 1 aromatic heterocycles. The van der Waals surface area contributed by atoms with Crippen LogP contribution in [0.25, 0.3) is 10.4 Å². The molecule has 4 rings (SSSR count). The SMILES string of the molecule is CN1C(=O)C(c2ccc(O)cc2)(c2ccc(F)c(-c3cncs3)c2)N=C1N. The summed E-state index contributed by atoms with van der Waals surface area (Å²) in [6, 6.07) is 10.6. The van der Waals surface area contributed by atoms with Gasteiger partial charge in [-0.3, -0.25) is 14.7 Å². The fraction of sp³-hybridized carbons (Fsp3) is 0.105. The summed E-state index contributed by atoms with van der Waals surface area (Å²) < 4.78 is 14.4. The van der Waals surface area contributed by atoms with E-state index in [1.165, 1.54) is 47.5 Å². The molecule has 1 unspecified atom stereocenters. The zero-order valence-corrected chi connectivity index (χ0v) is 15.1. The minimum Gasteiger partial charge on any atom is -0.508 e. The average Bonchev–Trinajstić information content (AvgIpc) is 3.27. The van der Waals surface area contributed by atoms with Crippen LogP contribution in [0.3, 0.4) is 0 Å². The van der Waals surface area contributed by atoms with Gasteiger partial charge in [-0.25, -0.2) is 9.38 Å². The van der Waals surface area contributed by atoms with Gasteiger partial charge in [0.05, 0.1) is 10.4 Å². The predicted octanol–water partition coefficient (Wildman–Crippen LogP) is 2.69. The van der Waals surface area contributed by atoms with Crippen molar-refractivity contribution in [2.24, 2.45) is 10.7 Å². The van der Waals surface area contributed by atoms with Crippen LogP contribution in [0.2, 0.25) is 0 Å². The fourth-order valence-corrected chi connectivity index (χ4v) is 3.82. The van der Waals surface area contributed by atoms with Gasteiger partial charge >= 0.3 is 0 Å². The lowest BCUT2D eigenvalue weighted by Gasteiger charge is -2.26. The second kappa shape index (κ2) is 6.17. The van der Waals surface area contributed by atoms with Crippen molar-refractivity contribution in [2.75, 3.05) is 7.05 Å². The molecule has 0 spiro atoms. The number of halogens is 1. The summed E-state index contributed by atoms with van der Waals surface area (Å²) in [5.41, 5.74) is 7.45. The van der Waals surface area contributed by atoms with Crippen LogP contribution in [0, 0.1) is 5.82 Å². The second-order valence-electron chi connectivity index (χ2n) is 6.15. The van der Waals surface area contributed by atoms with Gasteiger partial charge in [-0.05, 0) is 35.4 Å². The number of rotatable bonds is 3. The van der Waals surface area contributed by atoms with Crippen molar-refractivity contribution in [3.63, 3.8) is 0 Å². The van der Waals surface area contributed by atoms with Crippen molar-refractivity contribution in [3.8, 4) is 16.2 Å². The zero-order valence-electron chi connectivity index (χ0n) is 14.3. The molecule has 0 saturated heterocycles. The number of aliphatic imine (C=N–C) groups is 1. The number of likely N-dealkylation sites (N-methyl/N-ethyl adjacent to an activating group) is 1. The lowest BCUT2D eigenvalue weighted by Crippen LogP contribution is -2.41. The first kappa shape index (κ1) is 17.2. The fourth-order valence-electron chi connectivity index (χ4n) is 3.17. The Hall–Kier alpha value is -3.26. The van der Waals surface area contributed by atoms with Crippen LogP contribution in [0.5, 0.6) is 5.75 Å². The molecule has 0 bridgehead atoms. The highest BCUT2D eigenvalue weighted by molar-refractivity contribution is 7.13. The lowest BCUT2D eigenvalue weighted by molar-refractivity contribution is -0.129. The van der Waals surface area contributed by atoms with Crippen LogP contribution in [-0.4, -0.2) is 33.9 Å². The van der Waals surface area contributed by atoms with Crippen LogP contribution in [-0.2, 0) is 10.3 Å². The molecule has 2 heterocycles. The molecule has 0 radical (unpaired) electrons. The maximum absolute atomic E-state index is 14.4. The largest absolute Gasteiger partial charge is 0.508 e. The Morgan fingerprint density at radius 1 is 1.19 bits per heavy atom. The molecular formula is C19H15FN4O2S. The number of hydrogen-bond donors (Lipinski definition) is 2. The Balaban J connectivity index is 1.97. The van der Waals surface area contributed by atoms with Gasteiger partial charge in [-0.1, -0.05) is 18.2 Å². The number of hydrogen-bond acceptors (Lipinski definition) is 6. The summed E-state index contributed by atoms with van der Waals surface area (Å²) in [5, 5.41) is 9.62. The number of phenols is 1. The third kappa shape index (κ3) is 2.57. The van der Waals surface area contributed by atoms with Crippen LogP contribution < -0.4 is 5.73 Å². The van der Waals surface area contributed by atoms with Gasteiger partial charge in [0.25, 0.3) is 5.91 Å². The molecular weight excluding hydrogens is 367 g/mol. The van der Waals surface area contributed by atoms with Crippen LogP contribution in [0.4, 0.5) is 4.39 Å². The van der Waals surface area contributed by atoms with E-state index >= 15 is 0 Å². The number of aromatic nitrogens is 1. The van der Waals surface area contributed by atoms with Gasteiger partial charge in [-0.15, -0.1) is 11.3 Å². The molecule has 1 aliphatic heterocycles. The van der Waals surface area contributed by atoms with Gasteiger partial charge < -0.3 is 10.8 Å². The number of guanidine groups is 1. The second-order valence-corrected chi connectivity index (χ2v) is 7.04. The molecule has 1 amide bonds. The van der Waals surface area contributed by atoms with Gasteiger partial charge in [-0.2, -0.15) is 0 Å². The van der Waals surface area contributed by atoms with E-state index in [2.05, 4.69) is 9.98 Å². The smallest absolute Gasteiger partial charge is 0.266 e. The number of nitrogens with two attached hydrogens (primary N) is 1. The van der Waals surface area contributed by atoms with Crippen molar-refractivity contribution in [3.05, 3.63) is 71.1 Å². The maximum Gasteiger partial charge on any atom is 0.266 e. The van der Waals surface area contributed by atoms with E-state index in [0.717, 1.165) is 0 Å². The summed E-state index contributed by atoms with van der Waals surface area (Å²) in [5.74, 6) is -0.641. The summed E-state index contributed by atoms with van der Waals surface area (Å²) >= 11 is 1.30. The zero-order chi connectivity index (χ0) is 19.2. The van der Waals surface area contributed by atoms with Gasteiger partial charge in [0, 0.05) is 18.8 Å². The molecule has 3 N–H and O–H groups in total. The van der Waals surface area contributed by atoms with E-state index in [9.17, 15) is 14.3 Å². The van der Waals surface area contributed by atoms with Gasteiger partial charge in [0.15, 0.2) is 11.5 Å². The molecule has 2 aromatic carbocycles. The van der Waals surface area contributed by atoms with Crippen molar-refractivity contribution >= 4 is 23.2 Å². The highest BCUT2D eigenvalue weighted by Crippen LogP contribution is 2.41. The molecule has 1 atom stereocenters. The first-order valence-electron chi connectivity index (χ1n) is 8.05. The number of carbonyl (C=O) groups excluding carboxylic acids is 1. The first-order valence-corrected chi connectivity index (χ1v) is 8.93. The number of amides is 1. The van der Waals surface area contributed by atoms with Gasteiger partial charge in [0.1, 0.15) is 11.6 Å². The summed E-state index contributed by atoms with van der Waals surface area (Å²) in [4.78, 5) is 23.5. The number of benzene rings is 2. The predicted molar refractivity (Wildman–Crippen MR) is 101 cm³/mol. The average molecular weight is 382 g/mol. The highest BCUT2D eigenvalue weighted by atomic mass is 32.1. The molecule has 3 aromatic rings. The number of thiazole rings is 1. The topological polar surface area (TPSA) is 91.8 Å². The maximum atomic E-state index is 14.4. The molecule has 27 heavy (non-hydrogen) atoms. The van der Waals surface area contributed by atoms with Gasteiger partial charge in [0.2, 0.25) is 0 Å². The Bertz CT molecular complexity index is 1050. The third-order valence-electron chi connectivity index (χ3n) is 4.61. The summed E-state index contributed by atoms with van der Waals surface area (Å²) in [6.45, 7) is 0. The molecule has 0 fully saturated rings. The summed E-state index contributed by atoms with van der Waals surface area (Å²) in [6.07, 6.45) is 1.57. The molecule has 0 aliphatic carbocycles. The molecule has 0 saturated carbocycles. The van der Waals surface area contributed by atoms with Crippen LogP contribution in [0.15, 0.2) is 59.2 Å². The van der Waals surface area contributed by atoms with Crippen LogP contribution >= 0.6 is 11.3 Å². The standard InChI is InChI=1S/C19H15FN4O2S/c1-24-17(26)19(23-18(24)21,11-2-5-13(25)6-3-11)12-4-7-15(20)14(8-12)16-9-22-10-27-16/h2-10,25H,1H3,(H2,21,23). The Kier molecular flexibility index (Phi) is 3.92. The minimum atomic E-state index is -1.44. The molecule has 1 aliphatic rings. The summed E-state index contributed by atoms with van der Waals surface area (Å²) in [7, 11) is 1.54. The Morgan fingerprint density at radius 2 is 1.89 bits per heavy atom. The number of nitrogens with zero attached hydrogens (tertiary/aromatic N) is 3. The quantitative estimate of drug-likeness (QED) is 0.729. The molecule has 8 heteroatoms. The van der Waals surface area contributed by atoms with Crippen LogP contribution in [0.1, 0.15) is 11.1 Å². The number of aromatic hydroxyl groups is 1. The third-order valence-corrected chi connectivity index (χ3v) is 5.41. The Morgan fingerprint density at radius 3 is 2.48 bits per heavy atom. The van der Waals surface area contributed by atoms with E-state index in [0.29, 0.717) is 21.6 Å². The highest BCUT2D eigenvalue weighted by Gasteiger charge is 2.49. The van der Waals surface area contributed by atoms with E-state index in [-0.39, 0.29) is 17.6 Å². The van der Waals surface area contributed by atoms with Crippen molar-refractivity contribution in [1.82, 2.24) is 9.88 Å². The van der Waals surface area contributed by atoms with Crippen molar-refractivity contribution < 1.29 is 14.3 Å². The minimum absolute atomic E-state index is 0.0640. The molecule has 136 valence electrons. The van der Waals surface area contributed by atoms with E-state index < -0.39 is 11.4 Å². The monoisotopic (exact) mass is 382 g/mol. The van der Waals surface area contributed by atoms with Crippen molar-refractivity contribution in [2.45, 2.75) is 5.54 Å². The van der Waals surface area contributed by atoms with E-state index in [1.54, 1.807) is 29.9 Å².